The molecule has 0 aliphatic rings. The van der Waals surface area contributed by atoms with Crippen LogP contribution in [0.25, 0.3) is 11.0 Å². The van der Waals surface area contributed by atoms with E-state index in [4.69, 9.17) is 13.9 Å². The zero-order valence-electron chi connectivity index (χ0n) is 9.41. The van der Waals surface area contributed by atoms with Gasteiger partial charge in [-0.2, -0.15) is 0 Å². The van der Waals surface area contributed by atoms with E-state index in [0.29, 0.717) is 0 Å². The van der Waals surface area contributed by atoms with Gasteiger partial charge in [0.15, 0.2) is 11.3 Å². The van der Waals surface area contributed by atoms with E-state index in [1.165, 1.54) is 0 Å². The van der Waals surface area contributed by atoms with Crippen molar-refractivity contribution in [2.45, 2.75) is 13.0 Å². The third-order valence-corrected chi connectivity index (χ3v) is 3.28. The Kier molecular flexibility index (Phi) is 3.21. The summed E-state index contributed by atoms with van der Waals surface area (Å²) in [5, 5.41) is 0.998. The van der Waals surface area contributed by atoms with Crippen molar-refractivity contribution in [2.75, 3.05) is 14.2 Å². The van der Waals surface area contributed by atoms with Crippen molar-refractivity contribution in [1.29, 1.82) is 0 Å². The molecule has 0 bridgehead atoms. The van der Waals surface area contributed by atoms with Crippen molar-refractivity contribution in [1.82, 2.24) is 0 Å². The summed E-state index contributed by atoms with van der Waals surface area (Å²) in [4.78, 5) is 0. The topological polar surface area (TPSA) is 31.6 Å². The summed E-state index contributed by atoms with van der Waals surface area (Å²) >= 11 is 3.49. The average molecular weight is 285 g/mol. The van der Waals surface area contributed by atoms with Gasteiger partial charge in [-0.15, -0.1) is 0 Å². The first-order valence-electron chi connectivity index (χ1n) is 4.96. The average Bonchev–Trinajstić information content (AvgIpc) is 2.74. The molecule has 0 fully saturated rings. The molecule has 0 saturated heterocycles. The first kappa shape index (κ1) is 11.5. The lowest BCUT2D eigenvalue weighted by molar-refractivity contribution is 0.101. The molecule has 0 radical (unpaired) electrons. The number of benzene rings is 1. The van der Waals surface area contributed by atoms with Gasteiger partial charge in [0.1, 0.15) is 11.9 Å². The molecule has 0 N–H and O–H groups in total. The van der Waals surface area contributed by atoms with Crippen LogP contribution < -0.4 is 4.74 Å². The van der Waals surface area contributed by atoms with Crippen LogP contribution in [0, 0.1) is 0 Å². The van der Waals surface area contributed by atoms with Crippen LogP contribution in [0.15, 0.2) is 27.1 Å². The smallest absolute Gasteiger partial charge is 0.177 e. The third kappa shape index (κ3) is 1.83. The Morgan fingerprint density at radius 2 is 2.06 bits per heavy atom. The van der Waals surface area contributed by atoms with Crippen LogP contribution in [-0.4, -0.2) is 14.2 Å². The molecule has 1 heterocycles. The van der Waals surface area contributed by atoms with Gasteiger partial charge in [-0.25, -0.2) is 0 Å². The van der Waals surface area contributed by atoms with Crippen LogP contribution in [0.4, 0.5) is 0 Å². The molecule has 0 aliphatic carbocycles. The minimum Gasteiger partial charge on any atom is -0.493 e. The number of ether oxygens (including phenoxy) is 2. The van der Waals surface area contributed by atoms with Crippen molar-refractivity contribution >= 4 is 26.9 Å². The quantitative estimate of drug-likeness (QED) is 0.856. The van der Waals surface area contributed by atoms with E-state index in [1.807, 2.05) is 25.1 Å². The maximum Gasteiger partial charge on any atom is 0.177 e. The predicted molar refractivity (Wildman–Crippen MR) is 65.9 cm³/mol. The minimum absolute atomic E-state index is 0.0657. The van der Waals surface area contributed by atoms with E-state index < -0.39 is 0 Å². The molecule has 0 aliphatic heterocycles. The number of fused-ring (bicyclic) bond motifs is 1. The highest BCUT2D eigenvalue weighted by Crippen LogP contribution is 2.36. The van der Waals surface area contributed by atoms with Crippen molar-refractivity contribution in [2.24, 2.45) is 0 Å². The summed E-state index contributed by atoms with van der Waals surface area (Å²) in [7, 11) is 3.29. The molecule has 3 nitrogen and oxygen atoms in total. The Morgan fingerprint density at radius 1 is 1.31 bits per heavy atom. The molecule has 2 aromatic rings. The molecule has 0 spiro atoms. The summed E-state index contributed by atoms with van der Waals surface area (Å²) < 4.78 is 17.2. The standard InChI is InChI=1S/C12H13BrO3/c1-7(14-2)11-6-8-9(13)4-5-10(15-3)12(8)16-11/h4-7H,1-3H3. The maximum absolute atomic E-state index is 5.74. The van der Waals surface area contributed by atoms with Crippen LogP contribution >= 0.6 is 15.9 Å². The van der Waals surface area contributed by atoms with E-state index in [2.05, 4.69) is 15.9 Å². The van der Waals surface area contributed by atoms with Crippen LogP contribution in [-0.2, 0) is 4.74 Å². The Balaban J connectivity index is 2.63. The highest BCUT2D eigenvalue weighted by Gasteiger charge is 2.15. The van der Waals surface area contributed by atoms with Gasteiger partial charge in [0, 0.05) is 17.0 Å². The van der Waals surface area contributed by atoms with E-state index in [0.717, 1.165) is 27.0 Å². The summed E-state index contributed by atoms with van der Waals surface area (Å²) in [5.74, 6) is 1.52. The second-order valence-corrected chi connectivity index (χ2v) is 4.37. The van der Waals surface area contributed by atoms with Crippen LogP contribution in [0.5, 0.6) is 5.75 Å². The van der Waals surface area contributed by atoms with Gasteiger partial charge >= 0.3 is 0 Å². The van der Waals surface area contributed by atoms with E-state index in [1.54, 1.807) is 14.2 Å². The normalized spacial score (nSPS) is 13.0. The molecule has 1 unspecified atom stereocenters. The second-order valence-electron chi connectivity index (χ2n) is 3.52. The Morgan fingerprint density at radius 3 is 2.69 bits per heavy atom. The number of hydrogen-bond donors (Lipinski definition) is 0. The van der Waals surface area contributed by atoms with E-state index in [-0.39, 0.29) is 6.10 Å². The SMILES string of the molecule is COc1ccc(Br)c2cc(C(C)OC)oc12. The molecule has 2 rings (SSSR count). The highest BCUT2D eigenvalue weighted by atomic mass is 79.9. The number of hydrogen-bond acceptors (Lipinski definition) is 3. The van der Waals surface area contributed by atoms with Gasteiger partial charge in [0.2, 0.25) is 0 Å². The molecule has 1 aromatic carbocycles. The lowest BCUT2D eigenvalue weighted by Gasteiger charge is -2.04. The Bertz CT molecular complexity index is 504. The fourth-order valence-corrected chi connectivity index (χ4v) is 1.99. The van der Waals surface area contributed by atoms with Crippen LogP contribution in [0.2, 0.25) is 0 Å². The largest absolute Gasteiger partial charge is 0.493 e. The van der Waals surface area contributed by atoms with Gasteiger partial charge in [0.05, 0.1) is 7.11 Å². The Labute approximate surface area is 102 Å². The molecule has 0 saturated carbocycles. The Hall–Kier alpha value is -1.00. The van der Waals surface area contributed by atoms with Crippen molar-refractivity contribution in [3.8, 4) is 5.75 Å². The lowest BCUT2D eigenvalue weighted by atomic mass is 10.2. The molecule has 4 heteroatoms. The molecule has 1 atom stereocenters. The number of methoxy groups -OCH3 is 2. The maximum atomic E-state index is 5.74. The summed E-state index contributed by atoms with van der Waals surface area (Å²) in [6, 6.07) is 5.78. The summed E-state index contributed by atoms with van der Waals surface area (Å²) in [5.41, 5.74) is 0.746. The fraction of sp³-hybridized carbons (Fsp3) is 0.333. The lowest BCUT2D eigenvalue weighted by Crippen LogP contribution is -1.92. The van der Waals surface area contributed by atoms with E-state index >= 15 is 0 Å². The molecular formula is C12H13BrO3. The van der Waals surface area contributed by atoms with Gasteiger partial charge in [-0.1, -0.05) is 15.9 Å². The second kappa shape index (κ2) is 4.47. The van der Waals surface area contributed by atoms with Gasteiger partial charge in [-0.3, -0.25) is 0 Å². The molecule has 16 heavy (non-hydrogen) atoms. The van der Waals surface area contributed by atoms with Crippen molar-refractivity contribution < 1.29 is 13.9 Å². The van der Waals surface area contributed by atoms with Gasteiger partial charge in [0.25, 0.3) is 0 Å². The third-order valence-electron chi connectivity index (χ3n) is 2.59. The molecule has 1 aromatic heterocycles. The first-order chi connectivity index (χ1) is 7.67. The molecular weight excluding hydrogens is 272 g/mol. The van der Waals surface area contributed by atoms with E-state index in [9.17, 15) is 0 Å². The highest BCUT2D eigenvalue weighted by molar-refractivity contribution is 9.10. The van der Waals surface area contributed by atoms with Crippen LogP contribution in [0.1, 0.15) is 18.8 Å². The fourth-order valence-electron chi connectivity index (χ4n) is 1.56. The van der Waals surface area contributed by atoms with Crippen LogP contribution in [0.3, 0.4) is 0 Å². The zero-order valence-corrected chi connectivity index (χ0v) is 11.0. The molecule has 0 amide bonds. The number of rotatable bonds is 3. The van der Waals surface area contributed by atoms with Gasteiger partial charge in [-0.05, 0) is 25.1 Å². The predicted octanol–water partition coefficient (Wildman–Crippen LogP) is 3.91. The van der Waals surface area contributed by atoms with Gasteiger partial charge < -0.3 is 13.9 Å². The number of furan rings is 1. The summed E-state index contributed by atoms with van der Waals surface area (Å²) in [6.45, 7) is 1.94. The molecule has 86 valence electrons. The summed E-state index contributed by atoms with van der Waals surface area (Å²) in [6.07, 6.45) is -0.0657. The van der Waals surface area contributed by atoms with Crippen molar-refractivity contribution in [3.63, 3.8) is 0 Å². The minimum atomic E-state index is -0.0657. The first-order valence-corrected chi connectivity index (χ1v) is 5.75. The zero-order chi connectivity index (χ0) is 11.7. The van der Waals surface area contributed by atoms with Crippen molar-refractivity contribution in [3.05, 3.63) is 28.4 Å². The monoisotopic (exact) mass is 284 g/mol. The number of halogens is 1.